The maximum atomic E-state index is 12.0. The minimum absolute atomic E-state index is 0.125. The topological polar surface area (TPSA) is 98.9 Å². The van der Waals surface area contributed by atoms with Gasteiger partial charge in [-0.25, -0.2) is 8.42 Å². The average Bonchev–Trinajstić information content (AvgIpc) is 2.27. The molecule has 2 N–H and O–H groups in total. The molecule has 0 aliphatic rings. The summed E-state index contributed by atoms with van der Waals surface area (Å²) in [6.45, 7) is 2.24. The molecule has 0 spiro atoms. The predicted molar refractivity (Wildman–Crippen MR) is 75.3 cm³/mol. The summed E-state index contributed by atoms with van der Waals surface area (Å²) in [5, 5.41) is 0. The molecule has 0 aromatic carbocycles. The van der Waals surface area contributed by atoms with Crippen LogP contribution in [0.3, 0.4) is 0 Å². The van der Waals surface area contributed by atoms with Crippen molar-refractivity contribution in [1.82, 2.24) is 4.31 Å². The second-order valence-corrected chi connectivity index (χ2v) is 6.16. The van der Waals surface area contributed by atoms with Gasteiger partial charge in [-0.1, -0.05) is 12.2 Å². The number of esters is 1. The van der Waals surface area contributed by atoms with E-state index in [1.165, 1.54) is 7.11 Å². The van der Waals surface area contributed by atoms with Crippen molar-refractivity contribution in [3.63, 3.8) is 0 Å². The minimum atomic E-state index is -3.75. The first-order valence-corrected chi connectivity index (χ1v) is 7.76. The monoisotopic (exact) mass is 312 g/mol. The molecular weight excluding hydrogens is 292 g/mol. The van der Waals surface area contributed by atoms with Gasteiger partial charge in [-0.15, -0.1) is 0 Å². The van der Waals surface area contributed by atoms with E-state index in [2.05, 4.69) is 4.74 Å². The molecule has 0 atom stereocenters. The van der Waals surface area contributed by atoms with Crippen LogP contribution in [0.1, 0.15) is 13.3 Å². The Morgan fingerprint density at radius 3 is 2.47 bits per heavy atom. The quantitative estimate of drug-likeness (QED) is 0.429. The third kappa shape index (κ3) is 8.09. The van der Waals surface area contributed by atoms with E-state index in [4.69, 9.17) is 22.7 Å². The van der Waals surface area contributed by atoms with Crippen molar-refractivity contribution in [1.29, 1.82) is 0 Å². The molecule has 0 rings (SSSR count). The van der Waals surface area contributed by atoms with E-state index in [1.807, 2.05) is 0 Å². The van der Waals surface area contributed by atoms with Crippen LogP contribution in [0, 0.1) is 0 Å². The van der Waals surface area contributed by atoms with Crippen molar-refractivity contribution in [3.05, 3.63) is 0 Å². The summed E-state index contributed by atoms with van der Waals surface area (Å²) in [5.74, 6) is -1.47. The fourth-order valence-corrected chi connectivity index (χ4v) is 2.64. The summed E-state index contributed by atoms with van der Waals surface area (Å²) in [4.78, 5) is 11.5. The van der Waals surface area contributed by atoms with Gasteiger partial charge in [0.05, 0.1) is 18.2 Å². The van der Waals surface area contributed by atoms with E-state index >= 15 is 0 Å². The van der Waals surface area contributed by atoms with Crippen LogP contribution in [0.2, 0.25) is 0 Å². The van der Waals surface area contributed by atoms with Crippen LogP contribution >= 0.6 is 12.2 Å². The highest BCUT2D eigenvalue weighted by atomic mass is 32.2. The Kier molecular flexibility index (Phi) is 8.81. The number of carbonyl (C=O) groups excluding carboxylic acids is 1. The van der Waals surface area contributed by atoms with Gasteiger partial charge in [0, 0.05) is 26.6 Å². The number of sulfonamides is 1. The number of nitrogens with two attached hydrogens (primary N) is 1. The van der Waals surface area contributed by atoms with Gasteiger partial charge < -0.3 is 15.2 Å². The number of thiocarbonyl (C=S) groups is 1. The second-order valence-electron chi connectivity index (χ2n) is 3.67. The number of methoxy groups -OCH3 is 1. The lowest BCUT2D eigenvalue weighted by Crippen LogP contribution is -2.39. The highest BCUT2D eigenvalue weighted by molar-refractivity contribution is 7.89. The van der Waals surface area contributed by atoms with Crippen molar-refractivity contribution < 1.29 is 22.7 Å². The standard InChI is InChI=1S/C10H20N2O5S2/c1-3-17-10(13)8-19(14,15)12(6-7-16-2)5-4-9(11)18/h3-8H2,1-2H3,(H2,11,18). The lowest BCUT2D eigenvalue weighted by atomic mass is 10.4. The summed E-state index contributed by atoms with van der Waals surface area (Å²) in [6.07, 6.45) is 0.251. The van der Waals surface area contributed by atoms with E-state index in [0.717, 1.165) is 4.31 Å². The van der Waals surface area contributed by atoms with Gasteiger partial charge in [-0.05, 0) is 6.92 Å². The molecule has 0 radical (unpaired) electrons. The van der Waals surface area contributed by atoms with Crippen molar-refractivity contribution in [2.75, 3.05) is 39.2 Å². The van der Waals surface area contributed by atoms with E-state index in [9.17, 15) is 13.2 Å². The van der Waals surface area contributed by atoms with Crippen LogP contribution in [0.15, 0.2) is 0 Å². The lowest BCUT2D eigenvalue weighted by molar-refractivity contribution is -0.140. The molecule has 0 saturated heterocycles. The third-order valence-electron chi connectivity index (χ3n) is 2.15. The number of hydrogen-bond donors (Lipinski definition) is 1. The summed E-state index contributed by atoms with van der Waals surface area (Å²) in [7, 11) is -2.29. The number of rotatable bonds is 10. The van der Waals surface area contributed by atoms with Gasteiger partial charge in [0.2, 0.25) is 10.0 Å². The van der Waals surface area contributed by atoms with Gasteiger partial charge in [-0.2, -0.15) is 4.31 Å². The SMILES string of the molecule is CCOC(=O)CS(=O)(=O)N(CCOC)CCC(N)=S. The Morgan fingerprint density at radius 1 is 1.37 bits per heavy atom. The maximum Gasteiger partial charge on any atom is 0.322 e. The maximum absolute atomic E-state index is 12.0. The molecule has 19 heavy (non-hydrogen) atoms. The molecule has 112 valence electrons. The molecule has 0 amide bonds. The normalized spacial score (nSPS) is 11.5. The zero-order valence-corrected chi connectivity index (χ0v) is 12.8. The van der Waals surface area contributed by atoms with Gasteiger partial charge in [0.25, 0.3) is 0 Å². The van der Waals surface area contributed by atoms with Gasteiger partial charge in [0.15, 0.2) is 5.75 Å². The number of carbonyl (C=O) groups is 1. The van der Waals surface area contributed by atoms with Crippen LogP contribution in [-0.4, -0.2) is 62.8 Å². The second kappa shape index (κ2) is 9.18. The third-order valence-corrected chi connectivity index (χ3v) is 4.11. The van der Waals surface area contributed by atoms with Crippen LogP contribution in [0.4, 0.5) is 0 Å². The summed E-state index contributed by atoms with van der Waals surface area (Å²) in [5.41, 5.74) is 5.35. The fourth-order valence-electron chi connectivity index (χ4n) is 1.26. The largest absolute Gasteiger partial charge is 0.465 e. The Morgan fingerprint density at radius 2 is 2.00 bits per heavy atom. The van der Waals surface area contributed by atoms with E-state index in [1.54, 1.807) is 6.92 Å². The summed E-state index contributed by atoms with van der Waals surface area (Å²) >= 11 is 4.71. The number of hydrogen-bond acceptors (Lipinski definition) is 6. The Balaban J connectivity index is 4.69. The highest BCUT2D eigenvalue weighted by Gasteiger charge is 2.25. The summed E-state index contributed by atoms with van der Waals surface area (Å²) < 4.78 is 34.6. The molecule has 0 heterocycles. The molecule has 0 saturated carbocycles. The molecule has 0 aliphatic heterocycles. The van der Waals surface area contributed by atoms with Gasteiger partial charge >= 0.3 is 5.97 Å². The summed E-state index contributed by atoms with van der Waals surface area (Å²) in [6, 6.07) is 0. The molecular formula is C10H20N2O5S2. The van der Waals surface area contributed by atoms with Crippen molar-refractivity contribution in [3.8, 4) is 0 Å². The first kappa shape index (κ1) is 18.2. The highest BCUT2D eigenvalue weighted by Crippen LogP contribution is 2.04. The van der Waals surface area contributed by atoms with Gasteiger partial charge in [-0.3, -0.25) is 4.79 Å². The smallest absolute Gasteiger partial charge is 0.322 e. The van der Waals surface area contributed by atoms with Crippen LogP contribution in [-0.2, 0) is 24.3 Å². The van der Waals surface area contributed by atoms with Crippen LogP contribution in [0.5, 0.6) is 0 Å². The Hall–Kier alpha value is -0.770. The Labute approximate surface area is 119 Å². The molecule has 0 unspecified atom stereocenters. The molecule has 0 aromatic rings. The molecule has 0 aromatic heterocycles. The fraction of sp³-hybridized carbons (Fsp3) is 0.800. The van der Waals surface area contributed by atoms with E-state index < -0.39 is 21.7 Å². The van der Waals surface area contributed by atoms with Crippen LogP contribution in [0.25, 0.3) is 0 Å². The number of nitrogens with zero attached hydrogens (tertiary/aromatic N) is 1. The lowest BCUT2D eigenvalue weighted by Gasteiger charge is -2.21. The minimum Gasteiger partial charge on any atom is -0.465 e. The first-order chi connectivity index (χ1) is 8.83. The zero-order valence-electron chi connectivity index (χ0n) is 11.1. The Bertz CT molecular complexity index is 397. The van der Waals surface area contributed by atoms with Gasteiger partial charge in [0.1, 0.15) is 0 Å². The van der Waals surface area contributed by atoms with Crippen molar-refractivity contribution in [2.45, 2.75) is 13.3 Å². The zero-order chi connectivity index (χ0) is 14.9. The molecule has 0 aliphatic carbocycles. The van der Waals surface area contributed by atoms with Crippen molar-refractivity contribution in [2.24, 2.45) is 5.73 Å². The number of ether oxygens (including phenoxy) is 2. The van der Waals surface area contributed by atoms with Crippen LogP contribution < -0.4 is 5.73 Å². The first-order valence-electron chi connectivity index (χ1n) is 5.74. The average molecular weight is 312 g/mol. The predicted octanol–water partition coefficient (Wildman–Crippen LogP) is -0.496. The molecule has 0 fully saturated rings. The van der Waals surface area contributed by atoms with E-state index in [-0.39, 0.29) is 37.7 Å². The molecule has 9 heteroatoms. The molecule has 0 bridgehead atoms. The van der Waals surface area contributed by atoms with E-state index in [0.29, 0.717) is 0 Å². The van der Waals surface area contributed by atoms with Crippen molar-refractivity contribution >= 4 is 33.2 Å². The molecule has 7 nitrogen and oxygen atoms in total.